The molecular weight excluding hydrogens is 308 g/mol. The van der Waals surface area contributed by atoms with Gasteiger partial charge in [-0.15, -0.1) is 0 Å². The third kappa shape index (κ3) is 2.54. The highest BCUT2D eigenvalue weighted by molar-refractivity contribution is 5.95. The molecular formula is C18H22N2O4. The van der Waals surface area contributed by atoms with Crippen LogP contribution in [0.5, 0.6) is 5.75 Å². The summed E-state index contributed by atoms with van der Waals surface area (Å²) in [5, 5.41) is 14.3. The third-order valence-electron chi connectivity index (χ3n) is 6.06. The lowest BCUT2D eigenvalue weighted by atomic mass is 9.53. The monoisotopic (exact) mass is 330 g/mol. The first kappa shape index (κ1) is 15.4. The van der Waals surface area contributed by atoms with E-state index in [2.05, 4.69) is 5.32 Å². The standard InChI is InChI=1S/C18H22N2O4/c1-24-16-7-14(2-3-15(16)20(22)23)17(21)19-18-8-11-4-12(9-18)6-13(5-11)10-18/h2-3,7,11-13H,4-6,8-10H2,1H3,(H,19,21). The number of carbonyl (C=O) groups excluding carboxylic acids is 1. The van der Waals surface area contributed by atoms with Gasteiger partial charge in [-0.25, -0.2) is 0 Å². The van der Waals surface area contributed by atoms with Gasteiger partial charge in [0.25, 0.3) is 5.91 Å². The van der Waals surface area contributed by atoms with E-state index in [0.29, 0.717) is 5.56 Å². The number of nitrogens with one attached hydrogen (secondary N) is 1. The van der Waals surface area contributed by atoms with E-state index >= 15 is 0 Å². The molecule has 1 aromatic rings. The van der Waals surface area contributed by atoms with Crippen LogP contribution in [0.15, 0.2) is 18.2 Å². The van der Waals surface area contributed by atoms with Crippen LogP contribution in [-0.2, 0) is 0 Å². The summed E-state index contributed by atoms with van der Waals surface area (Å²) >= 11 is 0. The summed E-state index contributed by atoms with van der Waals surface area (Å²) in [4.78, 5) is 23.2. The molecule has 0 aliphatic heterocycles. The average Bonchev–Trinajstić information content (AvgIpc) is 2.52. The summed E-state index contributed by atoms with van der Waals surface area (Å²) in [6.07, 6.45) is 7.19. The molecule has 1 amide bonds. The Kier molecular flexibility index (Phi) is 3.51. The van der Waals surface area contributed by atoms with E-state index in [1.165, 1.54) is 44.6 Å². The molecule has 0 saturated heterocycles. The van der Waals surface area contributed by atoms with E-state index in [1.807, 2.05) is 0 Å². The molecule has 128 valence electrons. The SMILES string of the molecule is COc1cc(C(=O)NC23CC4CC(CC(C4)C2)C3)ccc1[N+](=O)[O-]. The van der Waals surface area contributed by atoms with Gasteiger partial charge < -0.3 is 10.1 Å². The maximum Gasteiger partial charge on any atom is 0.310 e. The van der Waals surface area contributed by atoms with Crippen molar-refractivity contribution < 1.29 is 14.5 Å². The third-order valence-corrected chi connectivity index (χ3v) is 6.06. The molecule has 4 saturated carbocycles. The number of nitro groups is 1. The highest BCUT2D eigenvalue weighted by atomic mass is 16.6. The molecule has 5 rings (SSSR count). The minimum Gasteiger partial charge on any atom is -0.490 e. The second-order valence-electron chi connectivity index (χ2n) is 7.80. The minimum atomic E-state index is -0.500. The first-order chi connectivity index (χ1) is 11.5. The lowest BCUT2D eigenvalue weighted by Gasteiger charge is -2.56. The van der Waals surface area contributed by atoms with Gasteiger partial charge in [0.2, 0.25) is 0 Å². The highest BCUT2D eigenvalue weighted by Gasteiger charge is 2.51. The highest BCUT2D eigenvalue weighted by Crippen LogP contribution is 2.55. The van der Waals surface area contributed by atoms with Gasteiger partial charge in [-0.05, 0) is 62.3 Å². The Hall–Kier alpha value is -2.11. The Morgan fingerprint density at radius 2 is 1.79 bits per heavy atom. The van der Waals surface area contributed by atoms with E-state index in [4.69, 9.17) is 4.74 Å². The number of rotatable bonds is 4. The van der Waals surface area contributed by atoms with Crippen molar-refractivity contribution in [2.45, 2.75) is 44.1 Å². The first-order valence-corrected chi connectivity index (χ1v) is 8.63. The van der Waals surface area contributed by atoms with Crippen molar-refractivity contribution in [2.24, 2.45) is 17.8 Å². The van der Waals surface area contributed by atoms with E-state index in [-0.39, 0.29) is 22.9 Å². The topological polar surface area (TPSA) is 81.5 Å². The quantitative estimate of drug-likeness (QED) is 0.678. The van der Waals surface area contributed by atoms with Crippen LogP contribution in [0.25, 0.3) is 0 Å². The van der Waals surface area contributed by atoms with Crippen LogP contribution >= 0.6 is 0 Å². The van der Waals surface area contributed by atoms with Crippen molar-refractivity contribution in [1.29, 1.82) is 0 Å². The molecule has 4 aliphatic carbocycles. The van der Waals surface area contributed by atoms with Crippen LogP contribution < -0.4 is 10.1 Å². The van der Waals surface area contributed by atoms with Crippen LogP contribution in [0.3, 0.4) is 0 Å². The summed E-state index contributed by atoms with van der Waals surface area (Å²) in [6.45, 7) is 0. The molecule has 4 bridgehead atoms. The maximum absolute atomic E-state index is 12.7. The Morgan fingerprint density at radius 3 is 2.29 bits per heavy atom. The van der Waals surface area contributed by atoms with Crippen LogP contribution in [-0.4, -0.2) is 23.5 Å². The second kappa shape index (κ2) is 5.46. The summed E-state index contributed by atoms with van der Waals surface area (Å²) in [7, 11) is 1.38. The van der Waals surface area contributed by atoms with Crippen molar-refractivity contribution in [3.05, 3.63) is 33.9 Å². The molecule has 0 heterocycles. The zero-order chi connectivity index (χ0) is 16.9. The summed E-state index contributed by atoms with van der Waals surface area (Å²) in [5.41, 5.74) is 0.234. The fourth-order valence-corrected chi connectivity index (χ4v) is 5.55. The Balaban J connectivity index is 1.55. The van der Waals surface area contributed by atoms with Crippen LogP contribution in [0.4, 0.5) is 5.69 Å². The van der Waals surface area contributed by atoms with Gasteiger partial charge >= 0.3 is 5.69 Å². The number of methoxy groups -OCH3 is 1. The smallest absolute Gasteiger partial charge is 0.310 e. The average molecular weight is 330 g/mol. The van der Waals surface area contributed by atoms with Crippen LogP contribution in [0.1, 0.15) is 48.9 Å². The van der Waals surface area contributed by atoms with E-state index in [0.717, 1.165) is 37.0 Å². The Morgan fingerprint density at radius 1 is 1.21 bits per heavy atom. The fourth-order valence-electron chi connectivity index (χ4n) is 5.55. The van der Waals surface area contributed by atoms with Gasteiger partial charge in [-0.3, -0.25) is 14.9 Å². The van der Waals surface area contributed by atoms with Crippen LogP contribution in [0.2, 0.25) is 0 Å². The van der Waals surface area contributed by atoms with Gasteiger partial charge in [-0.2, -0.15) is 0 Å². The number of carbonyl (C=O) groups is 1. The van der Waals surface area contributed by atoms with Gasteiger partial charge in [0.15, 0.2) is 5.75 Å². The molecule has 6 nitrogen and oxygen atoms in total. The van der Waals surface area contributed by atoms with Gasteiger partial charge in [0.1, 0.15) is 0 Å². The molecule has 0 atom stereocenters. The minimum absolute atomic E-state index is 0.0686. The summed E-state index contributed by atoms with van der Waals surface area (Å²) < 4.78 is 5.07. The van der Waals surface area contributed by atoms with Gasteiger partial charge in [0.05, 0.1) is 12.0 Å². The number of nitro benzene ring substituents is 1. The largest absolute Gasteiger partial charge is 0.490 e. The van der Waals surface area contributed by atoms with E-state index in [9.17, 15) is 14.9 Å². The number of hydrogen-bond donors (Lipinski definition) is 1. The van der Waals surface area contributed by atoms with Crippen molar-refractivity contribution in [3.8, 4) is 5.75 Å². The number of ether oxygens (including phenoxy) is 1. The van der Waals surface area contributed by atoms with E-state index in [1.54, 1.807) is 0 Å². The van der Waals surface area contributed by atoms with Gasteiger partial charge in [-0.1, -0.05) is 0 Å². The van der Waals surface area contributed by atoms with Crippen LogP contribution in [0, 0.1) is 27.9 Å². The number of hydrogen-bond acceptors (Lipinski definition) is 4. The zero-order valence-electron chi connectivity index (χ0n) is 13.8. The summed E-state index contributed by atoms with van der Waals surface area (Å²) in [5.74, 6) is 2.23. The lowest BCUT2D eigenvalue weighted by molar-refractivity contribution is -0.385. The number of benzene rings is 1. The normalized spacial score (nSPS) is 33.3. The molecule has 4 aliphatic rings. The van der Waals surface area contributed by atoms with Gasteiger partial charge in [0, 0.05) is 23.2 Å². The fraction of sp³-hybridized carbons (Fsp3) is 0.611. The molecule has 1 N–H and O–H groups in total. The molecule has 6 heteroatoms. The summed E-state index contributed by atoms with van der Waals surface area (Å²) in [6, 6.07) is 4.32. The second-order valence-corrected chi connectivity index (χ2v) is 7.80. The predicted molar refractivity (Wildman–Crippen MR) is 88.0 cm³/mol. The predicted octanol–water partition coefficient (Wildman–Crippen LogP) is 3.30. The molecule has 0 spiro atoms. The van der Waals surface area contributed by atoms with Crippen molar-refractivity contribution in [1.82, 2.24) is 5.32 Å². The van der Waals surface area contributed by atoms with Crippen molar-refractivity contribution >= 4 is 11.6 Å². The Labute approximate surface area is 140 Å². The molecule has 0 radical (unpaired) electrons. The lowest BCUT2D eigenvalue weighted by Crippen LogP contribution is -2.59. The van der Waals surface area contributed by atoms with Crippen molar-refractivity contribution in [2.75, 3.05) is 7.11 Å². The molecule has 24 heavy (non-hydrogen) atoms. The molecule has 0 unspecified atom stereocenters. The Bertz CT molecular complexity index is 665. The molecule has 4 fully saturated rings. The number of nitrogens with zero attached hydrogens (tertiary/aromatic N) is 1. The molecule has 0 aromatic heterocycles. The zero-order valence-corrected chi connectivity index (χ0v) is 13.8. The maximum atomic E-state index is 12.7. The van der Waals surface area contributed by atoms with Crippen molar-refractivity contribution in [3.63, 3.8) is 0 Å². The molecule has 1 aromatic carbocycles. The first-order valence-electron chi connectivity index (χ1n) is 8.63. The van der Waals surface area contributed by atoms with E-state index < -0.39 is 4.92 Å². The number of amides is 1.